The Bertz CT molecular complexity index is 1100. The Balaban J connectivity index is 2.04. The first-order valence-corrected chi connectivity index (χ1v) is 9.22. The van der Waals surface area contributed by atoms with Gasteiger partial charge in [-0.05, 0) is 0 Å². The Labute approximate surface area is 177 Å². The van der Waals surface area contributed by atoms with Crippen molar-refractivity contribution in [3.8, 4) is 11.8 Å². The molecule has 1 amide bonds. The van der Waals surface area contributed by atoms with E-state index in [9.17, 15) is 23.2 Å². The Morgan fingerprint density at radius 1 is 1.13 bits per heavy atom. The lowest BCUT2D eigenvalue weighted by molar-refractivity contribution is -0.140. The van der Waals surface area contributed by atoms with Crippen LogP contribution in [-0.4, -0.2) is 46.0 Å². The van der Waals surface area contributed by atoms with Crippen LogP contribution in [0.15, 0.2) is 41.8 Å². The van der Waals surface area contributed by atoms with E-state index in [2.05, 4.69) is 25.4 Å². The third kappa shape index (κ3) is 4.55. The van der Waals surface area contributed by atoms with Crippen molar-refractivity contribution in [1.29, 1.82) is 0 Å². The van der Waals surface area contributed by atoms with Crippen molar-refractivity contribution >= 4 is 28.1 Å². The topological polar surface area (TPSA) is 119 Å². The van der Waals surface area contributed by atoms with Gasteiger partial charge in [0.2, 0.25) is 11.8 Å². The molecule has 0 fully saturated rings. The molecule has 0 radical (unpaired) electrons. The third-order valence-electron chi connectivity index (χ3n) is 3.87. The van der Waals surface area contributed by atoms with E-state index in [-0.39, 0.29) is 28.6 Å². The number of aromatic nitrogens is 3. The van der Waals surface area contributed by atoms with Crippen LogP contribution in [0.5, 0.6) is 11.8 Å². The van der Waals surface area contributed by atoms with E-state index in [0.29, 0.717) is 11.3 Å². The molecule has 0 saturated heterocycles. The molecule has 0 aliphatic carbocycles. The standard InChI is InChI=1S/C18H14F3N5O4S/c1-29-15-10(16(30-2)23-8-22-15)14(27)25-17-24-13(18(19,20)21)12(31-17)11(26-28)9-6-4-3-5-7-9/h3-8,28H,1-2H3,(H,24,25,27). The van der Waals surface area contributed by atoms with Crippen LogP contribution in [0.2, 0.25) is 0 Å². The quantitative estimate of drug-likeness (QED) is 0.333. The van der Waals surface area contributed by atoms with E-state index >= 15 is 0 Å². The zero-order valence-corrected chi connectivity index (χ0v) is 16.8. The maximum absolute atomic E-state index is 13.6. The summed E-state index contributed by atoms with van der Waals surface area (Å²) in [5.74, 6) is -1.18. The number of amides is 1. The number of halogens is 3. The first-order valence-electron chi connectivity index (χ1n) is 8.40. The maximum atomic E-state index is 13.6. The first-order chi connectivity index (χ1) is 14.8. The number of hydrogen-bond donors (Lipinski definition) is 2. The smallest absolute Gasteiger partial charge is 0.434 e. The fourth-order valence-electron chi connectivity index (χ4n) is 2.57. The second kappa shape index (κ2) is 8.95. The van der Waals surface area contributed by atoms with Crippen molar-refractivity contribution in [3.05, 3.63) is 58.4 Å². The van der Waals surface area contributed by atoms with Gasteiger partial charge in [-0.3, -0.25) is 10.1 Å². The number of anilines is 1. The van der Waals surface area contributed by atoms with E-state index in [0.717, 1.165) is 6.33 Å². The molecule has 2 aromatic heterocycles. The predicted molar refractivity (Wildman–Crippen MR) is 104 cm³/mol. The summed E-state index contributed by atoms with van der Waals surface area (Å²) in [5, 5.41) is 14.3. The summed E-state index contributed by atoms with van der Waals surface area (Å²) in [5.41, 5.74) is -1.65. The van der Waals surface area contributed by atoms with Crippen LogP contribution in [0.4, 0.5) is 18.3 Å². The zero-order valence-electron chi connectivity index (χ0n) is 16.0. The van der Waals surface area contributed by atoms with Gasteiger partial charge in [-0.2, -0.15) is 13.2 Å². The SMILES string of the molecule is COc1ncnc(OC)c1C(=O)Nc1nc(C(F)(F)F)c(C(=NO)c2ccccc2)s1. The molecule has 0 bridgehead atoms. The summed E-state index contributed by atoms with van der Waals surface area (Å²) in [6.45, 7) is 0. The monoisotopic (exact) mass is 453 g/mol. The molecule has 162 valence electrons. The molecule has 2 heterocycles. The van der Waals surface area contributed by atoms with E-state index in [1.54, 1.807) is 18.2 Å². The van der Waals surface area contributed by atoms with Gasteiger partial charge < -0.3 is 14.7 Å². The van der Waals surface area contributed by atoms with Gasteiger partial charge in [0.1, 0.15) is 12.0 Å². The minimum atomic E-state index is -4.87. The summed E-state index contributed by atoms with van der Waals surface area (Å²) in [6.07, 6.45) is -3.77. The van der Waals surface area contributed by atoms with Crippen LogP contribution in [0.25, 0.3) is 0 Å². The highest BCUT2D eigenvalue weighted by Crippen LogP contribution is 2.38. The highest BCUT2D eigenvalue weighted by atomic mass is 32.1. The van der Waals surface area contributed by atoms with Crippen LogP contribution >= 0.6 is 11.3 Å². The lowest BCUT2D eigenvalue weighted by Gasteiger charge is -2.09. The highest BCUT2D eigenvalue weighted by Gasteiger charge is 2.39. The summed E-state index contributed by atoms with van der Waals surface area (Å²) in [6, 6.07) is 7.76. The minimum absolute atomic E-state index is 0.140. The molecule has 0 saturated carbocycles. The number of thiazole rings is 1. The van der Waals surface area contributed by atoms with E-state index in [4.69, 9.17) is 9.47 Å². The van der Waals surface area contributed by atoms with Crippen molar-refractivity contribution in [3.63, 3.8) is 0 Å². The molecule has 3 rings (SSSR count). The van der Waals surface area contributed by atoms with Gasteiger partial charge in [0.25, 0.3) is 5.91 Å². The molecule has 3 aromatic rings. The van der Waals surface area contributed by atoms with Crippen molar-refractivity contribution < 1.29 is 32.6 Å². The van der Waals surface area contributed by atoms with E-state index < -0.39 is 27.8 Å². The molecular formula is C18H14F3N5O4S. The van der Waals surface area contributed by atoms with Gasteiger partial charge >= 0.3 is 6.18 Å². The number of oxime groups is 1. The number of carbonyl (C=O) groups is 1. The predicted octanol–water partition coefficient (Wildman–Crippen LogP) is 3.45. The number of alkyl halides is 3. The molecule has 13 heteroatoms. The Morgan fingerprint density at radius 2 is 1.74 bits per heavy atom. The summed E-state index contributed by atoms with van der Waals surface area (Å²) >= 11 is 0.488. The lowest BCUT2D eigenvalue weighted by atomic mass is 10.1. The number of ether oxygens (including phenoxy) is 2. The molecule has 2 N–H and O–H groups in total. The van der Waals surface area contributed by atoms with E-state index in [1.165, 1.54) is 26.4 Å². The molecule has 1 aromatic carbocycles. The second-order valence-corrected chi connectivity index (χ2v) is 6.73. The molecule has 0 aliphatic heterocycles. The Kier molecular flexibility index (Phi) is 6.34. The average Bonchev–Trinajstić information content (AvgIpc) is 3.18. The van der Waals surface area contributed by atoms with Gasteiger partial charge in [0, 0.05) is 5.56 Å². The fourth-order valence-corrected chi connectivity index (χ4v) is 3.56. The highest BCUT2D eigenvalue weighted by molar-refractivity contribution is 7.18. The van der Waals surface area contributed by atoms with Crippen LogP contribution in [0.1, 0.15) is 26.5 Å². The van der Waals surface area contributed by atoms with Crippen LogP contribution in [0, 0.1) is 0 Å². The Morgan fingerprint density at radius 3 is 2.26 bits per heavy atom. The molecule has 9 nitrogen and oxygen atoms in total. The number of nitrogens with zero attached hydrogens (tertiary/aromatic N) is 4. The first kappa shape index (κ1) is 22.0. The van der Waals surface area contributed by atoms with Crippen LogP contribution < -0.4 is 14.8 Å². The fraction of sp³-hybridized carbons (Fsp3) is 0.167. The molecule has 0 aliphatic rings. The number of hydrogen-bond acceptors (Lipinski definition) is 9. The normalized spacial score (nSPS) is 11.8. The number of nitrogens with one attached hydrogen (secondary N) is 1. The second-order valence-electron chi connectivity index (χ2n) is 5.73. The van der Waals surface area contributed by atoms with Gasteiger partial charge in [-0.1, -0.05) is 46.8 Å². The van der Waals surface area contributed by atoms with Crippen molar-refractivity contribution in [2.45, 2.75) is 6.18 Å². The lowest BCUT2D eigenvalue weighted by Crippen LogP contribution is -2.16. The summed E-state index contributed by atoms with van der Waals surface area (Å²) < 4.78 is 50.8. The number of carbonyl (C=O) groups excluding carboxylic acids is 1. The molecule has 0 spiro atoms. The van der Waals surface area contributed by atoms with Crippen LogP contribution in [-0.2, 0) is 6.18 Å². The van der Waals surface area contributed by atoms with Gasteiger partial charge in [-0.15, -0.1) is 0 Å². The minimum Gasteiger partial charge on any atom is -0.480 e. The molecule has 0 atom stereocenters. The number of rotatable bonds is 6. The van der Waals surface area contributed by atoms with Crippen molar-refractivity contribution in [2.24, 2.45) is 5.16 Å². The maximum Gasteiger partial charge on any atom is 0.434 e. The van der Waals surface area contributed by atoms with Gasteiger partial charge in [0.15, 0.2) is 16.4 Å². The molecule has 0 unspecified atom stereocenters. The number of methoxy groups -OCH3 is 2. The van der Waals surface area contributed by atoms with Crippen LogP contribution in [0.3, 0.4) is 0 Å². The summed E-state index contributed by atoms with van der Waals surface area (Å²) in [4.78, 5) is 23.3. The average molecular weight is 453 g/mol. The largest absolute Gasteiger partial charge is 0.480 e. The number of benzene rings is 1. The van der Waals surface area contributed by atoms with Gasteiger partial charge in [0.05, 0.1) is 19.1 Å². The molecular weight excluding hydrogens is 439 g/mol. The van der Waals surface area contributed by atoms with Crippen molar-refractivity contribution in [2.75, 3.05) is 19.5 Å². The third-order valence-corrected chi connectivity index (χ3v) is 4.85. The Hall–Kier alpha value is -3.74. The zero-order chi connectivity index (χ0) is 22.6. The van der Waals surface area contributed by atoms with Gasteiger partial charge in [-0.25, -0.2) is 15.0 Å². The summed E-state index contributed by atoms with van der Waals surface area (Å²) in [7, 11) is 2.51. The van der Waals surface area contributed by atoms with Crippen molar-refractivity contribution in [1.82, 2.24) is 15.0 Å². The molecule has 31 heavy (non-hydrogen) atoms. The van der Waals surface area contributed by atoms with E-state index in [1.807, 2.05) is 0 Å².